The Kier molecular flexibility index (Phi) is 11.2. The molecule has 1 atom stereocenters. The van der Waals surface area contributed by atoms with Gasteiger partial charge in [-0.1, -0.05) is 91.1 Å². The van der Waals surface area contributed by atoms with Crippen molar-refractivity contribution in [2.45, 2.75) is 44.7 Å². The van der Waals surface area contributed by atoms with Crippen molar-refractivity contribution in [2.24, 2.45) is 5.92 Å². The molecular formula is C30H35Cl2N3O4S. The maximum atomic E-state index is 13.9. The number of aryl methyl sites for hydroxylation is 1. The van der Waals surface area contributed by atoms with E-state index in [1.807, 2.05) is 51.1 Å². The van der Waals surface area contributed by atoms with Crippen LogP contribution in [0, 0.1) is 12.8 Å². The Morgan fingerprint density at radius 3 is 2.20 bits per heavy atom. The summed E-state index contributed by atoms with van der Waals surface area (Å²) in [5.74, 6) is -0.674. The monoisotopic (exact) mass is 603 g/mol. The van der Waals surface area contributed by atoms with Gasteiger partial charge in [-0.25, -0.2) is 8.42 Å². The molecule has 3 aromatic carbocycles. The summed E-state index contributed by atoms with van der Waals surface area (Å²) >= 11 is 12.6. The van der Waals surface area contributed by atoms with Crippen molar-refractivity contribution in [3.63, 3.8) is 0 Å². The first kappa shape index (κ1) is 31.6. The lowest BCUT2D eigenvalue weighted by Crippen LogP contribution is -2.53. The maximum absolute atomic E-state index is 13.9. The molecule has 2 amide bonds. The van der Waals surface area contributed by atoms with Gasteiger partial charge in [0.15, 0.2) is 0 Å². The molecule has 0 aliphatic rings. The molecule has 0 aliphatic heterocycles. The molecule has 0 saturated carbocycles. The number of carbonyl (C=O) groups excluding carboxylic acids is 2. The second-order valence-corrected chi connectivity index (χ2v) is 13.1. The standard InChI is InChI=1S/C30H35Cl2N3O4S/c1-21(2)18-33-30(37)28(16-23-8-6-5-7-9-23)35(19-24-12-13-25(31)17-27(24)32)29(36)20-34(4)40(38,39)26-14-10-22(3)11-15-26/h5-15,17,21,28H,16,18-20H2,1-4H3,(H,33,37)/t28-/m0/s1. The summed E-state index contributed by atoms with van der Waals surface area (Å²) in [7, 11) is -2.60. The SMILES string of the molecule is Cc1ccc(S(=O)(=O)N(C)CC(=O)N(Cc2ccc(Cl)cc2Cl)[C@@H](Cc2ccccc2)C(=O)NCC(C)C)cc1. The van der Waals surface area contributed by atoms with Crippen LogP contribution in [0.1, 0.15) is 30.5 Å². The molecule has 0 saturated heterocycles. The van der Waals surface area contributed by atoms with Gasteiger partial charge in [-0.2, -0.15) is 4.31 Å². The predicted octanol–water partition coefficient (Wildman–Crippen LogP) is 5.33. The normalized spacial score (nSPS) is 12.4. The third kappa shape index (κ3) is 8.54. The minimum atomic E-state index is -3.96. The van der Waals surface area contributed by atoms with Crippen LogP contribution in [-0.2, 0) is 32.6 Å². The number of nitrogens with one attached hydrogen (secondary N) is 1. The van der Waals surface area contributed by atoms with Crippen LogP contribution in [0.4, 0.5) is 0 Å². The number of sulfonamides is 1. The summed E-state index contributed by atoms with van der Waals surface area (Å²) in [5.41, 5.74) is 2.35. The minimum absolute atomic E-state index is 0.0140. The zero-order valence-corrected chi connectivity index (χ0v) is 25.4. The van der Waals surface area contributed by atoms with E-state index < -0.39 is 28.5 Å². The van der Waals surface area contributed by atoms with E-state index in [4.69, 9.17) is 23.2 Å². The summed E-state index contributed by atoms with van der Waals surface area (Å²) in [6, 6.07) is 19.8. The fraction of sp³-hybridized carbons (Fsp3) is 0.333. The van der Waals surface area contributed by atoms with E-state index in [1.54, 1.807) is 30.3 Å². The molecule has 1 N–H and O–H groups in total. The first-order valence-corrected chi connectivity index (χ1v) is 15.2. The number of benzene rings is 3. The second-order valence-electron chi connectivity index (χ2n) is 10.2. The predicted molar refractivity (Wildman–Crippen MR) is 160 cm³/mol. The second kappa shape index (κ2) is 14.1. The number of amides is 2. The number of hydrogen-bond donors (Lipinski definition) is 1. The third-order valence-corrected chi connectivity index (χ3v) is 8.80. The van der Waals surface area contributed by atoms with Gasteiger partial charge in [0, 0.05) is 36.6 Å². The van der Waals surface area contributed by atoms with E-state index in [0.29, 0.717) is 22.2 Å². The fourth-order valence-corrected chi connectivity index (χ4v) is 5.65. The van der Waals surface area contributed by atoms with E-state index in [2.05, 4.69) is 5.32 Å². The molecule has 3 rings (SSSR count). The van der Waals surface area contributed by atoms with E-state index in [9.17, 15) is 18.0 Å². The minimum Gasteiger partial charge on any atom is -0.354 e. The summed E-state index contributed by atoms with van der Waals surface area (Å²) in [6.45, 7) is 5.77. The van der Waals surface area contributed by atoms with Crippen molar-refractivity contribution < 1.29 is 18.0 Å². The molecule has 7 nitrogen and oxygen atoms in total. The van der Waals surface area contributed by atoms with Crippen LogP contribution >= 0.6 is 23.2 Å². The summed E-state index contributed by atoms with van der Waals surface area (Å²) in [6.07, 6.45) is 0.232. The van der Waals surface area contributed by atoms with Crippen LogP contribution in [0.2, 0.25) is 10.0 Å². The Hall–Kier alpha value is -2.91. The number of carbonyl (C=O) groups is 2. The van der Waals surface area contributed by atoms with E-state index >= 15 is 0 Å². The lowest BCUT2D eigenvalue weighted by molar-refractivity contribution is -0.141. The molecule has 0 unspecified atom stereocenters. The summed E-state index contributed by atoms with van der Waals surface area (Å²) in [4.78, 5) is 29.0. The van der Waals surface area contributed by atoms with Crippen LogP contribution in [-0.4, -0.2) is 55.6 Å². The highest BCUT2D eigenvalue weighted by molar-refractivity contribution is 7.89. The van der Waals surface area contributed by atoms with Gasteiger partial charge in [-0.3, -0.25) is 9.59 Å². The Balaban J connectivity index is 1.99. The highest BCUT2D eigenvalue weighted by atomic mass is 35.5. The molecule has 0 heterocycles. The quantitative estimate of drug-likeness (QED) is 0.303. The fourth-order valence-electron chi connectivity index (χ4n) is 4.07. The number of likely N-dealkylation sites (N-methyl/N-ethyl adjacent to an activating group) is 1. The van der Waals surface area contributed by atoms with E-state index in [0.717, 1.165) is 15.4 Å². The molecule has 214 valence electrons. The van der Waals surface area contributed by atoms with Crippen LogP contribution < -0.4 is 5.32 Å². The highest BCUT2D eigenvalue weighted by Crippen LogP contribution is 2.25. The van der Waals surface area contributed by atoms with Gasteiger partial charge < -0.3 is 10.2 Å². The van der Waals surface area contributed by atoms with Gasteiger partial charge in [0.1, 0.15) is 6.04 Å². The van der Waals surface area contributed by atoms with E-state index in [-0.39, 0.29) is 29.7 Å². The molecule has 0 aliphatic carbocycles. The van der Waals surface area contributed by atoms with Crippen LogP contribution in [0.3, 0.4) is 0 Å². The molecule has 3 aromatic rings. The lowest BCUT2D eigenvalue weighted by atomic mass is 10.0. The van der Waals surface area contributed by atoms with Crippen molar-refractivity contribution in [3.05, 3.63) is 99.5 Å². The molecule has 0 bridgehead atoms. The van der Waals surface area contributed by atoms with Crippen molar-refractivity contribution in [2.75, 3.05) is 20.1 Å². The van der Waals surface area contributed by atoms with Crippen LogP contribution in [0.25, 0.3) is 0 Å². The maximum Gasteiger partial charge on any atom is 0.243 e. The Labute approximate surface area is 247 Å². The van der Waals surface area contributed by atoms with E-state index in [1.165, 1.54) is 24.1 Å². The Morgan fingerprint density at radius 1 is 0.950 bits per heavy atom. The van der Waals surface area contributed by atoms with Crippen LogP contribution in [0.15, 0.2) is 77.7 Å². The van der Waals surface area contributed by atoms with Gasteiger partial charge in [0.25, 0.3) is 0 Å². The molecule has 0 aromatic heterocycles. The molecule has 10 heteroatoms. The number of halogens is 2. The number of nitrogens with zero attached hydrogens (tertiary/aromatic N) is 2. The van der Waals surface area contributed by atoms with Crippen molar-refractivity contribution in [3.8, 4) is 0 Å². The Morgan fingerprint density at radius 2 is 1.60 bits per heavy atom. The highest BCUT2D eigenvalue weighted by Gasteiger charge is 2.33. The van der Waals surface area contributed by atoms with Crippen LogP contribution in [0.5, 0.6) is 0 Å². The average Bonchev–Trinajstić information content (AvgIpc) is 2.91. The summed E-state index contributed by atoms with van der Waals surface area (Å²) < 4.78 is 27.5. The molecular weight excluding hydrogens is 569 g/mol. The molecule has 0 fully saturated rings. The van der Waals surface area contributed by atoms with Crippen molar-refractivity contribution >= 4 is 45.0 Å². The molecule has 0 radical (unpaired) electrons. The first-order chi connectivity index (χ1) is 18.9. The largest absolute Gasteiger partial charge is 0.354 e. The van der Waals surface area contributed by atoms with Gasteiger partial charge >= 0.3 is 0 Å². The van der Waals surface area contributed by atoms with Crippen molar-refractivity contribution in [1.29, 1.82) is 0 Å². The first-order valence-electron chi connectivity index (χ1n) is 13.0. The number of rotatable bonds is 12. The van der Waals surface area contributed by atoms with Gasteiger partial charge in [-0.05, 0) is 48.2 Å². The van der Waals surface area contributed by atoms with Gasteiger partial charge in [0.05, 0.1) is 11.4 Å². The lowest BCUT2D eigenvalue weighted by Gasteiger charge is -2.33. The summed E-state index contributed by atoms with van der Waals surface area (Å²) in [5, 5.41) is 3.72. The zero-order chi connectivity index (χ0) is 29.4. The van der Waals surface area contributed by atoms with Gasteiger partial charge in [-0.15, -0.1) is 0 Å². The average molecular weight is 605 g/mol. The zero-order valence-electron chi connectivity index (χ0n) is 23.1. The Bertz CT molecular complexity index is 1410. The smallest absolute Gasteiger partial charge is 0.243 e. The topological polar surface area (TPSA) is 86.8 Å². The molecule has 0 spiro atoms. The van der Waals surface area contributed by atoms with Crippen molar-refractivity contribution in [1.82, 2.24) is 14.5 Å². The van der Waals surface area contributed by atoms with Gasteiger partial charge in [0.2, 0.25) is 21.8 Å². The molecule has 40 heavy (non-hydrogen) atoms. The number of hydrogen-bond acceptors (Lipinski definition) is 4. The third-order valence-electron chi connectivity index (χ3n) is 6.40.